The average molecular weight is 307 g/mol. The highest BCUT2D eigenvalue weighted by molar-refractivity contribution is 5.96. The van der Waals surface area contributed by atoms with Gasteiger partial charge >= 0.3 is 0 Å². The van der Waals surface area contributed by atoms with Crippen LogP contribution in [0.2, 0.25) is 0 Å². The molecule has 10 heteroatoms. The number of azide groups is 1. The lowest BCUT2D eigenvalue weighted by molar-refractivity contribution is 0.0995. The molecule has 0 aliphatic carbocycles. The van der Waals surface area contributed by atoms with Crippen molar-refractivity contribution in [3.05, 3.63) is 52.0 Å². The van der Waals surface area contributed by atoms with Crippen molar-refractivity contribution in [2.45, 2.75) is 6.61 Å². The maximum Gasteiger partial charge on any atom is 0.249 e. The largest absolute Gasteiger partial charge is 0.471 e. The lowest BCUT2D eigenvalue weighted by Crippen LogP contribution is -2.08. The van der Waals surface area contributed by atoms with Crippen molar-refractivity contribution >= 4 is 5.91 Å². The van der Waals surface area contributed by atoms with Crippen molar-refractivity contribution < 1.29 is 23.9 Å². The molecule has 0 saturated heterocycles. The quantitative estimate of drug-likeness (QED) is 0.380. The molecule has 22 heavy (non-hydrogen) atoms. The molecule has 2 aromatic rings. The zero-order valence-electron chi connectivity index (χ0n) is 11.1. The standard InChI is InChI=1S/C12H10FN5O4/c13-7-22-10-3-1-2-8(12(19)15-17-14)9(10)6-21-11-4-5-18(20)16-11/h1-5,20H,6-7H2. The van der Waals surface area contributed by atoms with Crippen molar-refractivity contribution in [1.82, 2.24) is 9.94 Å². The van der Waals surface area contributed by atoms with Crippen LogP contribution in [0.15, 0.2) is 35.6 Å². The number of hydrogen-bond acceptors (Lipinski definition) is 5. The monoisotopic (exact) mass is 307 g/mol. The smallest absolute Gasteiger partial charge is 0.249 e. The van der Waals surface area contributed by atoms with Crippen molar-refractivity contribution in [2.75, 3.05) is 6.86 Å². The third-order valence-corrected chi connectivity index (χ3v) is 2.62. The predicted octanol–water partition coefficient (Wildman–Crippen LogP) is 2.46. The Bertz CT molecular complexity index is 726. The van der Waals surface area contributed by atoms with Gasteiger partial charge in [-0.2, -0.15) is 0 Å². The zero-order valence-corrected chi connectivity index (χ0v) is 11.1. The van der Waals surface area contributed by atoms with Gasteiger partial charge in [0.25, 0.3) is 0 Å². The van der Waals surface area contributed by atoms with Crippen molar-refractivity contribution in [1.29, 1.82) is 0 Å². The third-order valence-electron chi connectivity index (χ3n) is 2.62. The van der Waals surface area contributed by atoms with Gasteiger partial charge in [0.2, 0.25) is 18.6 Å². The molecule has 0 aliphatic rings. The summed E-state index contributed by atoms with van der Waals surface area (Å²) in [5.74, 6) is -0.692. The molecule has 0 atom stereocenters. The fraction of sp³-hybridized carbons (Fsp3) is 0.167. The molecule has 0 spiro atoms. The van der Waals surface area contributed by atoms with Crippen LogP contribution < -0.4 is 9.47 Å². The van der Waals surface area contributed by atoms with E-state index in [1.165, 1.54) is 30.5 Å². The first-order valence-corrected chi connectivity index (χ1v) is 5.93. The highest BCUT2D eigenvalue weighted by atomic mass is 19.1. The van der Waals surface area contributed by atoms with Gasteiger partial charge in [0, 0.05) is 22.1 Å². The number of rotatable bonds is 6. The van der Waals surface area contributed by atoms with E-state index in [-0.39, 0.29) is 29.4 Å². The second kappa shape index (κ2) is 6.95. The van der Waals surface area contributed by atoms with Gasteiger partial charge in [-0.25, -0.2) is 4.39 Å². The number of benzene rings is 1. The average Bonchev–Trinajstić information content (AvgIpc) is 2.92. The normalized spacial score (nSPS) is 9.86. The molecule has 0 bridgehead atoms. The number of amides is 1. The van der Waals surface area contributed by atoms with E-state index in [1.807, 2.05) is 0 Å². The summed E-state index contributed by atoms with van der Waals surface area (Å²) in [7, 11) is 0. The van der Waals surface area contributed by atoms with Gasteiger partial charge in [0.15, 0.2) is 0 Å². The first kappa shape index (κ1) is 15.1. The van der Waals surface area contributed by atoms with Gasteiger partial charge in [-0.1, -0.05) is 17.2 Å². The molecule has 1 aromatic carbocycles. The van der Waals surface area contributed by atoms with Crippen LogP contribution in [0.4, 0.5) is 4.39 Å². The number of hydrogen-bond donors (Lipinski definition) is 1. The zero-order chi connectivity index (χ0) is 15.9. The molecule has 0 saturated carbocycles. The summed E-state index contributed by atoms with van der Waals surface area (Å²) >= 11 is 0. The lowest BCUT2D eigenvalue weighted by atomic mass is 10.1. The van der Waals surface area contributed by atoms with E-state index in [0.29, 0.717) is 4.85 Å². The summed E-state index contributed by atoms with van der Waals surface area (Å²) in [5.41, 5.74) is 8.57. The summed E-state index contributed by atoms with van der Waals surface area (Å²) in [4.78, 5) is 14.7. The van der Waals surface area contributed by atoms with E-state index in [4.69, 9.17) is 20.2 Å². The molecule has 0 unspecified atom stereocenters. The minimum absolute atomic E-state index is 0.0205. The maximum atomic E-state index is 12.4. The Balaban J connectivity index is 2.32. The van der Waals surface area contributed by atoms with Crippen LogP contribution in [0.25, 0.3) is 10.4 Å². The fourth-order valence-electron chi connectivity index (χ4n) is 1.72. The maximum absolute atomic E-state index is 12.4. The van der Waals surface area contributed by atoms with Gasteiger partial charge in [0.05, 0.1) is 6.20 Å². The second-order valence-electron chi connectivity index (χ2n) is 3.89. The van der Waals surface area contributed by atoms with Crippen LogP contribution in [-0.2, 0) is 6.61 Å². The van der Waals surface area contributed by atoms with E-state index in [0.717, 1.165) is 0 Å². The molecule has 0 radical (unpaired) electrons. The minimum Gasteiger partial charge on any atom is -0.471 e. The Morgan fingerprint density at radius 3 is 2.91 bits per heavy atom. The Kier molecular flexibility index (Phi) is 4.78. The van der Waals surface area contributed by atoms with Crippen LogP contribution in [0.5, 0.6) is 11.6 Å². The van der Waals surface area contributed by atoms with Gasteiger partial charge in [-0.3, -0.25) is 4.79 Å². The van der Waals surface area contributed by atoms with Crippen LogP contribution in [-0.4, -0.2) is 27.9 Å². The Labute approximate surface area is 123 Å². The minimum atomic E-state index is -1.10. The molecular formula is C12H10FN5O4. The van der Waals surface area contributed by atoms with Crippen molar-refractivity contribution in [3.63, 3.8) is 0 Å². The lowest BCUT2D eigenvalue weighted by Gasteiger charge is -2.12. The Morgan fingerprint density at radius 1 is 1.45 bits per heavy atom. The molecule has 1 aromatic heterocycles. The summed E-state index contributed by atoms with van der Waals surface area (Å²) < 4.78 is 22.5. The van der Waals surface area contributed by atoms with Gasteiger partial charge in [-0.15, -0.1) is 4.85 Å². The number of ether oxygens (including phenoxy) is 2. The first-order valence-electron chi connectivity index (χ1n) is 5.93. The number of carbonyl (C=O) groups is 1. The SMILES string of the molecule is [N-]=[N+]=NC(=O)c1cccc(OCF)c1COc1ccn(O)n1. The summed E-state index contributed by atoms with van der Waals surface area (Å²) in [6, 6.07) is 5.67. The van der Waals surface area contributed by atoms with E-state index < -0.39 is 12.8 Å². The van der Waals surface area contributed by atoms with Crippen molar-refractivity contribution in [2.24, 2.45) is 5.11 Å². The van der Waals surface area contributed by atoms with E-state index in [9.17, 15) is 9.18 Å². The number of halogens is 1. The highest BCUT2D eigenvalue weighted by Gasteiger charge is 2.16. The summed E-state index contributed by atoms with van der Waals surface area (Å²) in [6.45, 7) is -1.30. The summed E-state index contributed by atoms with van der Waals surface area (Å²) in [6.07, 6.45) is 1.24. The van der Waals surface area contributed by atoms with Crippen LogP contribution >= 0.6 is 0 Å². The van der Waals surface area contributed by atoms with Gasteiger partial charge in [0.1, 0.15) is 12.4 Å². The number of aromatic nitrogens is 2. The summed E-state index contributed by atoms with van der Waals surface area (Å²) in [5, 5.41) is 15.6. The fourth-order valence-corrected chi connectivity index (χ4v) is 1.72. The molecule has 1 amide bonds. The van der Waals surface area contributed by atoms with E-state index in [1.54, 1.807) is 0 Å². The molecule has 9 nitrogen and oxygen atoms in total. The highest BCUT2D eigenvalue weighted by Crippen LogP contribution is 2.25. The second-order valence-corrected chi connectivity index (χ2v) is 3.89. The van der Waals surface area contributed by atoms with Gasteiger partial charge in [-0.05, 0) is 16.7 Å². The van der Waals surface area contributed by atoms with E-state index >= 15 is 0 Å². The topological polar surface area (TPSA) is 122 Å². The number of nitrogens with zero attached hydrogens (tertiary/aromatic N) is 5. The first-order chi connectivity index (χ1) is 10.7. The van der Waals surface area contributed by atoms with E-state index in [2.05, 4.69) is 15.1 Å². The Hall–Kier alpha value is -3.26. The Morgan fingerprint density at radius 2 is 2.27 bits per heavy atom. The predicted molar refractivity (Wildman–Crippen MR) is 70.3 cm³/mol. The van der Waals surface area contributed by atoms with Crippen LogP contribution in [0.1, 0.15) is 15.9 Å². The molecule has 2 rings (SSSR count). The molecular weight excluding hydrogens is 297 g/mol. The molecule has 1 N–H and O–H groups in total. The van der Waals surface area contributed by atoms with Crippen LogP contribution in [0, 0.1) is 0 Å². The molecule has 0 aliphatic heterocycles. The third kappa shape index (κ3) is 3.44. The van der Waals surface area contributed by atoms with Gasteiger partial charge < -0.3 is 14.7 Å². The van der Waals surface area contributed by atoms with Crippen molar-refractivity contribution in [3.8, 4) is 11.6 Å². The number of alkyl halides is 1. The number of carbonyl (C=O) groups excluding carboxylic acids is 1. The van der Waals surface area contributed by atoms with Crippen LogP contribution in [0.3, 0.4) is 0 Å². The molecule has 1 heterocycles. The molecule has 0 fully saturated rings. The molecule has 114 valence electrons.